The van der Waals surface area contributed by atoms with Gasteiger partial charge in [-0.25, -0.2) is 0 Å². The number of pyridine rings is 1. The van der Waals surface area contributed by atoms with Crippen LogP contribution in [0.15, 0.2) is 24.5 Å². The minimum Gasteiger partial charge on any atom is -0.343 e. The highest BCUT2D eigenvalue weighted by atomic mass is 16.2. The normalized spacial score (nSPS) is 10.6. The van der Waals surface area contributed by atoms with Crippen molar-refractivity contribution in [3.63, 3.8) is 0 Å². The third kappa shape index (κ3) is 4.98. The lowest BCUT2D eigenvalue weighted by molar-refractivity contribution is -0.131. The Bertz CT molecular complexity index is 335. The van der Waals surface area contributed by atoms with Gasteiger partial charge < -0.3 is 4.90 Å². The van der Waals surface area contributed by atoms with E-state index in [0.29, 0.717) is 12.3 Å². The number of aromatic nitrogens is 1. The highest BCUT2D eigenvalue weighted by Crippen LogP contribution is 2.05. The number of nitrogens with zero attached hydrogens (tertiary/aromatic N) is 2. The fourth-order valence-corrected chi connectivity index (χ4v) is 1.80. The maximum absolute atomic E-state index is 12.0. The van der Waals surface area contributed by atoms with Crippen LogP contribution in [-0.2, 0) is 11.2 Å². The van der Waals surface area contributed by atoms with Crippen LogP contribution in [0.1, 0.15) is 32.8 Å². The summed E-state index contributed by atoms with van der Waals surface area (Å²) in [6.07, 6.45) is 4.93. The molecule has 94 valence electrons. The molecular weight excluding hydrogens is 212 g/mol. The number of carbonyl (C=O) groups is 1. The molecule has 1 aromatic rings. The van der Waals surface area contributed by atoms with Crippen molar-refractivity contribution in [3.8, 4) is 0 Å². The molecule has 0 unspecified atom stereocenters. The number of aryl methyl sites for hydroxylation is 1. The molecule has 0 fully saturated rings. The van der Waals surface area contributed by atoms with E-state index < -0.39 is 0 Å². The van der Waals surface area contributed by atoms with Gasteiger partial charge in [0.1, 0.15) is 0 Å². The van der Waals surface area contributed by atoms with Crippen molar-refractivity contribution in [1.29, 1.82) is 0 Å². The lowest BCUT2D eigenvalue weighted by Crippen LogP contribution is -2.34. The average molecular weight is 234 g/mol. The highest BCUT2D eigenvalue weighted by molar-refractivity contribution is 5.76. The van der Waals surface area contributed by atoms with Crippen molar-refractivity contribution in [2.45, 2.75) is 33.6 Å². The van der Waals surface area contributed by atoms with Crippen molar-refractivity contribution in [1.82, 2.24) is 9.88 Å². The number of rotatable bonds is 6. The number of amides is 1. The Morgan fingerprint density at radius 3 is 2.76 bits per heavy atom. The Balaban J connectivity index is 2.42. The van der Waals surface area contributed by atoms with E-state index in [1.165, 1.54) is 0 Å². The average Bonchev–Trinajstić information content (AvgIpc) is 2.34. The SMILES string of the molecule is CCN(CC(C)C)C(=O)CCc1cccnc1. The zero-order valence-electron chi connectivity index (χ0n) is 11.0. The van der Waals surface area contributed by atoms with E-state index in [0.717, 1.165) is 25.1 Å². The molecule has 0 aliphatic rings. The molecule has 1 rings (SSSR count). The van der Waals surface area contributed by atoms with Crippen molar-refractivity contribution < 1.29 is 4.79 Å². The van der Waals surface area contributed by atoms with Gasteiger partial charge in [-0.05, 0) is 30.9 Å². The summed E-state index contributed by atoms with van der Waals surface area (Å²) in [4.78, 5) is 18.0. The Labute approximate surface area is 104 Å². The molecule has 0 spiro atoms. The predicted octanol–water partition coefficient (Wildman–Crippen LogP) is 2.52. The van der Waals surface area contributed by atoms with Gasteiger partial charge in [-0.1, -0.05) is 19.9 Å². The second-order valence-corrected chi connectivity index (χ2v) is 4.69. The summed E-state index contributed by atoms with van der Waals surface area (Å²) in [7, 11) is 0. The maximum Gasteiger partial charge on any atom is 0.222 e. The standard InChI is InChI=1S/C14H22N2O/c1-4-16(11-12(2)3)14(17)8-7-13-6-5-9-15-10-13/h5-6,9-10,12H,4,7-8,11H2,1-3H3. The van der Waals surface area contributed by atoms with Gasteiger partial charge in [-0.3, -0.25) is 9.78 Å². The molecule has 0 bridgehead atoms. The Morgan fingerprint density at radius 1 is 1.47 bits per heavy atom. The van der Waals surface area contributed by atoms with Crippen LogP contribution in [-0.4, -0.2) is 28.9 Å². The van der Waals surface area contributed by atoms with E-state index in [9.17, 15) is 4.79 Å². The van der Waals surface area contributed by atoms with Gasteiger partial charge in [-0.15, -0.1) is 0 Å². The molecule has 0 saturated carbocycles. The molecule has 0 aromatic carbocycles. The summed E-state index contributed by atoms with van der Waals surface area (Å²) >= 11 is 0. The van der Waals surface area contributed by atoms with Gasteiger partial charge in [-0.2, -0.15) is 0 Å². The van der Waals surface area contributed by atoms with Crippen LogP contribution < -0.4 is 0 Å². The first kappa shape index (κ1) is 13.7. The summed E-state index contributed by atoms with van der Waals surface area (Å²) in [6.45, 7) is 7.95. The fourth-order valence-electron chi connectivity index (χ4n) is 1.80. The molecule has 0 saturated heterocycles. The number of hydrogen-bond acceptors (Lipinski definition) is 2. The number of hydrogen-bond donors (Lipinski definition) is 0. The van der Waals surface area contributed by atoms with E-state index >= 15 is 0 Å². The molecule has 0 aliphatic heterocycles. The molecule has 0 aliphatic carbocycles. The molecule has 0 N–H and O–H groups in total. The predicted molar refractivity (Wildman–Crippen MR) is 69.7 cm³/mol. The van der Waals surface area contributed by atoms with Crippen molar-refractivity contribution in [3.05, 3.63) is 30.1 Å². The van der Waals surface area contributed by atoms with E-state index in [-0.39, 0.29) is 5.91 Å². The van der Waals surface area contributed by atoms with Gasteiger partial charge >= 0.3 is 0 Å². The third-order valence-electron chi connectivity index (χ3n) is 2.67. The molecule has 1 aromatic heterocycles. The zero-order chi connectivity index (χ0) is 12.7. The number of carbonyl (C=O) groups excluding carboxylic acids is 1. The topological polar surface area (TPSA) is 33.2 Å². The van der Waals surface area contributed by atoms with Crippen molar-refractivity contribution in [2.24, 2.45) is 5.92 Å². The van der Waals surface area contributed by atoms with Crippen LogP contribution in [0, 0.1) is 5.92 Å². The van der Waals surface area contributed by atoms with Crippen molar-refractivity contribution in [2.75, 3.05) is 13.1 Å². The van der Waals surface area contributed by atoms with E-state index in [1.807, 2.05) is 30.2 Å². The second-order valence-electron chi connectivity index (χ2n) is 4.69. The molecule has 17 heavy (non-hydrogen) atoms. The minimum absolute atomic E-state index is 0.241. The lowest BCUT2D eigenvalue weighted by Gasteiger charge is -2.22. The molecule has 1 heterocycles. The molecule has 0 radical (unpaired) electrons. The van der Waals surface area contributed by atoms with Crippen LogP contribution in [0.5, 0.6) is 0 Å². The van der Waals surface area contributed by atoms with Gasteiger partial charge in [0.15, 0.2) is 0 Å². The van der Waals surface area contributed by atoms with Crippen molar-refractivity contribution >= 4 is 5.91 Å². The fraction of sp³-hybridized carbons (Fsp3) is 0.571. The summed E-state index contributed by atoms with van der Waals surface area (Å²) in [5.74, 6) is 0.766. The minimum atomic E-state index is 0.241. The summed E-state index contributed by atoms with van der Waals surface area (Å²) in [5, 5.41) is 0. The smallest absolute Gasteiger partial charge is 0.222 e. The van der Waals surface area contributed by atoms with E-state index in [1.54, 1.807) is 6.20 Å². The highest BCUT2D eigenvalue weighted by Gasteiger charge is 2.12. The Morgan fingerprint density at radius 2 is 2.24 bits per heavy atom. The molecule has 1 amide bonds. The first-order chi connectivity index (χ1) is 8.13. The first-order valence-corrected chi connectivity index (χ1v) is 6.30. The zero-order valence-corrected chi connectivity index (χ0v) is 11.0. The van der Waals surface area contributed by atoms with Gasteiger partial charge in [0, 0.05) is 31.9 Å². The Kier molecular flexibility index (Phi) is 5.67. The monoisotopic (exact) mass is 234 g/mol. The third-order valence-corrected chi connectivity index (χ3v) is 2.67. The van der Waals surface area contributed by atoms with Crippen LogP contribution in [0.3, 0.4) is 0 Å². The summed E-state index contributed by atoms with van der Waals surface area (Å²) < 4.78 is 0. The molecule has 3 heteroatoms. The first-order valence-electron chi connectivity index (χ1n) is 6.30. The second kappa shape index (κ2) is 7.05. The van der Waals surface area contributed by atoms with Gasteiger partial charge in [0.05, 0.1) is 0 Å². The summed E-state index contributed by atoms with van der Waals surface area (Å²) in [6, 6.07) is 3.92. The van der Waals surface area contributed by atoms with Gasteiger partial charge in [0.25, 0.3) is 0 Å². The molecular formula is C14H22N2O. The quantitative estimate of drug-likeness (QED) is 0.757. The molecule has 0 atom stereocenters. The van der Waals surface area contributed by atoms with Crippen LogP contribution in [0.25, 0.3) is 0 Å². The molecule has 3 nitrogen and oxygen atoms in total. The van der Waals surface area contributed by atoms with Gasteiger partial charge in [0.2, 0.25) is 5.91 Å². The maximum atomic E-state index is 12.0. The van der Waals surface area contributed by atoms with E-state index in [2.05, 4.69) is 18.8 Å². The largest absolute Gasteiger partial charge is 0.343 e. The van der Waals surface area contributed by atoms with Crippen LogP contribution in [0.4, 0.5) is 0 Å². The van der Waals surface area contributed by atoms with Crippen LogP contribution in [0.2, 0.25) is 0 Å². The van der Waals surface area contributed by atoms with Crippen LogP contribution >= 0.6 is 0 Å². The summed E-state index contributed by atoms with van der Waals surface area (Å²) in [5.41, 5.74) is 1.13. The lowest BCUT2D eigenvalue weighted by atomic mass is 10.1. The Hall–Kier alpha value is -1.38. The van der Waals surface area contributed by atoms with E-state index in [4.69, 9.17) is 0 Å².